The second-order valence-corrected chi connectivity index (χ2v) is 7.20. The predicted octanol–water partition coefficient (Wildman–Crippen LogP) is 4.72. The zero-order chi connectivity index (χ0) is 22.3. The maximum atomic E-state index is 13.7. The number of rotatable bonds is 8. The summed E-state index contributed by atoms with van der Waals surface area (Å²) >= 11 is 0. The van der Waals surface area contributed by atoms with Crippen molar-refractivity contribution in [2.24, 2.45) is 0 Å². The van der Waals surface area contributed by atoms with Crippen LogP contribution in [-0.4, -0.2) is 11.8 Å². The minimum atomic E-state index is -0.371. The monoisotopic (exact) mass is 432 g/mol. The number of nitrogens with zero attached hydrogens (tertiary/aromatic N) is 1. The highest BCUT2D eigenvalue weighted by atomic mass is 19.1. The molecule has 2 heterocycles. The maximum absolute atomic E-state index is 13.7. The fraction of sp³-hybridized carbons (Fsp3) is 0.120. The number of nitrogens with one attached hydrogen (secondary N) is 1. The molecule has 6 nitrogen and oxygen atoms in total. The van der Waals surface area contributed by atoms with E-state index in [0.29, 0.717) is 23.6 Å². The summed E-state index contributed by atoms with van der Waals surface area (Å²) in [5, 5.41) is 2.80. The van der Waals surface area contributed by atoms with Crippen LogP contribution >= 0.6 is 0 Å². The molecule has 32 heavy (non-hydrogen) atoms. The number of hydrogen-bond acceptors (Lipinski definition) is 4. The Morgan fingerprint density at radius 3 is 2.34 bits per heavy atom. The SMILES string of the molecule is O=C(Cc1ccc(N(Cc2cccc(F)c2)C(=O)c2ccco2)cc1)NCc1ccco1. The van der Waals surface area contributed by atoms with Crippen molar-refractivity contribution in [1.82, 2.24) is 5.32 Å². The molecule has 0 aliphatic rings. The molecule has 2 aromatic heterocycles. The molecule has 4 aromatic rings. The highest BCUT2D eigenvalue weighted by Crippen LogP contribution is 2.22. The highest BCUT2D eigenvalue weighted by molar-refractivity contribution is 6.04. The lowest BCUT2D eigenvalue weighted by Crippen LogP contribution is -2.30. The molecule has 0 saturated carbocycles. The molecule has 4 rings (SSSR count). The predicted molar refractivity (Wildman–Crippen MR) is 116 cm³/mol. The summed E-state index contributed by atoms with van der Waals surface area (Å²) in [4.78, 5) is 26.7. The number of benzene rings is 2. The lowest BCUT2D eigenvalue weighted by molar-refractivity contribution is -0.120. The molecular formula is C25H21FN2O4. The third kappa shape index (κ3) is 5.31. The first kappa shape index (κ1) is 21.1. The molecule has 0 radical (unpaired) electrons. The van der Waals surface area contributed by atoms with E-state index in [2.05, 4.69) is 5.32 Å². The summed E-state index contributed by atoms with van der Waals surface area (Å²) in [6, 6.07) is 20.0. The van der Waals surface area contributed by atoms with Crippen molar-refractivity contribution in [3.05, 3.63) is 114 Å². The van der Waals surface area contributed by atoms with Gasteiger partial charge in [-0.15, -0.1) is 0 Å². The van der Waals surface area contributed by atoms with Crippen LogP contribution in [0.25, 0.3) is 0 Å². The van der Waals surface area contributed by atoms with Gasteiger partial charge in [0, 0.05) is 5.69 Å². The molecule has 0 aliphatic heterocycles. The van der Waals surface area contributed by atoms with Gasteiger partial charge in [-0.3, -0.25) is 9.59 Å². The normalized spacial score (nSPS) is 10.7. The van der Waals surface area contributed by atoms with E-state index in [-0.39, 0.29) is 36.4 Å². The van der Waals surface area contributed by atoms with Crippen molar-refractivity contribution >= 4 is 17.5 Å². The van der Waals surface area contributed by atoms with Gasteiger partial charge in [-0.1, -0.05) is 24.3 Å². The summed E-state index contributed by atoms with van der Waals surface area (Å²) in [6.45, 7) is 0.489. The average molecular weight is 432 g/mol. The van der Waals surface area contributed by atoms with E-state index < -0.39 is 0 Å². The molecule has 7 heteroatoms. The van der Waals surface area contributed by atoms with Gasteiger partial charge in [-0.25, -0.2) is 4.39 Å². The first-order valence-electron chi connectivity index (χ1n) is 10.1. The Morgan fingerprint density at radius 2 is 1.66 bits per heavy atom. The van der Waals surface area contributed by atoms with E-state index >= 15 is 0 Å². The third-order valence-corrected chi connectivity index (χ3v) is 4.86. The van der Waals surface area contributed by atoms with Gasteiger partial charge in [-0.05, 0) is 59.7 Å². The molecule has 0 saturated heterocycles. The first-order chi connectivity index (χ1) is 15.6. The van der Waals surface area contributed by atoms with E-state index in [1.165, 1.54) is 23.3 Å². The lowest BCUT2D eigenvalue weighted by Gasteiger charge is -2.22. The Hall–Kier alpha value is -4.13. The van der Waals surface area contributed by atoms with Crippen LogP contribution < -0.4 is 10.2 Å². The van der Waals surface area contributed by atoms with Crippen molar-refractivity contribution in [1.29, 1.82) is 0 Å². The van der Waals surface area contributed by atoms with Gasteiger partial charge in [-0.2, -0.15) is 0 Å². The van der Waals surface area contributed by atoms with Crippen LogP contribution in [0.15, 0.2) is 94.2 Å². The number of halogens is 1. The maximum Gasteiger partial charge on any atom is 0.294 e. The summed E-state index contributed by atoms with van der Waals surface area (Å²) in [7, 11) is 0. The van der Waals surface area contributed by atoms with Crippen molar-refractivity contribution < 1.29 is 22.8 Å². The molecule has 162 valence electrons. The number of anilines is 1. The quantitative estimate of drug-likeness (QED) is 0.437. The van der Waals surface area contributed by atoms with E-state index in [1.807, 2.05) is 0 Å². The Bertz CT molecular complexity index is 1170. The van der Waals surface area contributed by atoms with Crippen LogP contribution in [-0.2, 0) is 24.3 Å². The number of carbonyl (C=O) groups excluding carboxylic acids is 2. The fourth-order valence-electron chi connectivity index (χ4n) is 3.27. The van der Waals surface area contributed by atoms with Crippen LogP contribution in [0.5, 0.6) is 0 Å². The zero-order valence-corrected chi connectivity index (χ0v) is 17.2. The Labute approximate surface area is 184 Å². The zero-order valence-electron chi connectivity index (χ0n) is 17.2. The molecule has 0 aliphatic carbocycles. The Morgan fingerprint density at radius 1 is 0.875 bits per heavy atom. The summed E-state index contributed by atoms with van der Waals surface area (Å²) < 4.78 is 24.1. The van der Waals surface area contributed by atoms with Crippen molar-refractivity contribution in [3.63, 3.8) is 0 Å². The van der Waals surface area contributed by atoms with E-state index in [0.717, 1.165) is 5.56 Å². The van der Waals surface area contributed by atoms with Crippen LogP contribution in [0.1, 0.15) is 27.4 Å². The van der Waals surface area contributed by atoms with Crippen LogP contribution in [0.3, 0.4) is 0 Å². The standard InChI is InChI=1S/C25H21FN2O4/c26-20-5-1-4-19(14-20)17-28(25(30)23-7-3-13-32-23)21-10-8-18(9-11-21)15-24(29)27-16-22-6-2-12-31-22/h1-14H,15-17H2,(H,27,29). The van der Waals surface area contributed by atoms with Gasteiger partial charge in [0.1, 0.15) is 11.6 Å². The fourth-order valence-corrected chi connectivity index (χ4v) is 3.27. The van der Waals surface area contributed by atoms with Crippen LogP contribution in [0.2, 0.25) is 0 Å². The minimum Gasteiger partial charge on any atom is -0.467 e. The molecule has 0 unspecified atom stereocenters. The van der Waals surface area contributed by atoms with E-state index in [4.69, 9.17) is 8.83 Å². The summed E-state index contributed by atoms with van der Waals surface area (Å²) in [5.74, 6) is 0.00495. The second-order valence-electron chi connectivity index (χ2n) is 7.20. The van der Waals surface area contributed by atoms with Crippen molar-refractivity contribution in [2.45, 2.75) is 19.5 Å². The molecule has 2 amide bonds. The molecule has 0 fully saturated rings. The molecule has 0 spiro atoms. The Balaban J connectivity index is 1.48. The smallest absolute Gasteiger partial charge is 0.294 e. The largest absolute Gasteiger partial charge is 0.467 e. The molecule has 2 aromatic carbocycles. The lowest BCUT2D eigenvalue weighted by atomic mass is 10.1. The molecule has 0 atom stereocenters. The number of carbonyl (C=O) groups is 2. The Kier molecular flexibility index (Phi) is 6.46. The highest BCUT2D eigenvalue weighted by Gasteiger charge is 2.21. The number of furan rings is 2. The van der Waals surface area contributed by atoms with Gasteiger partial charge in [0.15, 0.2) is 5.76 Å². The summed E-state index contributed by atoms with van der Waals surface area (Å²) in [6.07, 6.45) is 3.18. The van der Waals surface area contributed by atoms with Crippen LogP contribution in [0.4, 0.5) is 10.1 Å². The third-order valence-electron chi connectivity index (χ3n) is 4.86. The van der Waals surface area contributed by atoms with Crippen molar-refractivity contribution in [2.75, 3.05) is 4.90 Å². The van der Waals surface area contributed by atoms with Crippen LogP contribution in [0, 0.1) is 5.82 Å². The number of amides is 2. The van der Waals surface area contributed by atoms with E-state index in [9.17, 15) is 14.0 Å². The van der Waals surface area contributed by atoms with Gasteiger partial charge in [0.25, 0.3) is 5.91 Å². The summed E-state index contributed by atoms with van der Waals surface area (Å²) in [5.41, 5.74) is 2.04. The van der Waals surface area contributed by atoms with Crippen molar-refractivity contribution in [3.8, 4) is 0 Å². The second kappa shape index (κ2) is 9.78. The van der Waals surface area contributed by atoms with Gasteiger partial charge < -0.3 is 19.1 Å². The first-order valence-corrected chi connectivity index (χ1v) is 10.1. The molecule has 1 N–H and O–H groups in total. The van der Waals surface area contributed by atoms with Gasteiger partial charge in [0.05, 0.1) is 32.0 Å². The van der Waals surface area contributed by atoms with E-state index in [1.54, 1.807) is 66.9 Å². The molecule has 0 bridgehead atoms. The van der Waals surface area contributed by atoms with Gasteiger partial charge in [0.2, 0.25) is 5.91 Å². The van der Waals surface area contributed by atoms with Gasteiger partial charge >= 0.3 is 0 Å². The number of hydrogen-bond donors (Lipinski definition) is 1. The topological polar surface area (TPSA) is 75.7 Å². The average Bonchev–Trinajstić information content (AvgIpc) is 3.51. The minimum absolute atomic E-state index is 0.141. The molecular weight excluding hydrogens is 411 g/mol.